The minimum atomic E-state index is -0.278. The fourth-order valence-electron chi connectivity index (χ4n) is 1.64. The second kappa shape index (κ2) is 5.33. The van der Waals surface area contributed by atoms with Gasteiger partial charge in [0.25, 0.3) is 5.91 Å². The molecule has 1 aliphatic rings. The van der Waals surface area contributed by atoms with E-state index < -0.39 is 0 Å². The SMILES string of the molecule is CC1(NC(=O)c2ccc(N)cn2)CCOC1.Cl. The molecule has 0 aromatic carbocycles. The number of nitrogen functional groups attached to an aromatic ring is 1. The number of nitrogens with zero attached hydrogens (tertiary/aromatic N) is 1. The predicted molar refractivity (Wildman–Crippen MR) is 67.2 cm³/mol. The van der Waals surface area contributed by atoms with Gasteiger partial charge >= 0.3 is 0 Å². The number of aromatic nitrogens is 1. The first-order chi connectivity index (χ1) is 7.59. The van der Waals surface area contributed by atoms with Crippen molar-refractivity contribution in [2.24, 2.45) is 0 Å². The Balaban J connectivity index is 0.00000144. The average Bonchev–Trinajstić information content (AvgIpc) is 2.65. The predicted octanol–water partition coefficient (Wildman–Crippen LogP) is 0.994. The van der Waals surface area contributed by atoms with Crippen LogP contribution in [-0.2, 0) is 4.74 Å². The summed E-state index contributed by atoms with van der Waals surface area (Å²) in [6, 6.07) is 3.28. The van der Waals surface area contributed by atoms with Crippen molar-refractivity contribution in [1.29, 1.82) is 0 Å². The molecule has 94 valence electrons. The first-order valence-corrected chi connectivity index (χ1v) is 5.21. The monoisotopic (exact) mass is 257 g/mol. The van der Waals surface area contributed by atoms with Gasteiger partial charge in [-0.1, -0.05) is 0 Å². The summed E-state index contributed by atoms with van der Waals surface area (Å²) in [5.74, 6) is -0.187. The van der Waals surface area contributed by atoms with Crippen molar-refractivity contribution in [2.45, 2.75) is 18.9 Å². The van der Waals surface area contributed by atoms with E-state index in [9.17, 15) is 4.79 Å². The molecule has 17 heavy (non-hydrogen) atoms. The number of nitrogens with two attached hydrogens (primary N) is 1. The Labute approximate surface area is 106 Å². The highest BCUT2D eigenvalue weighted by atomic mass is 35.5. The summed E-state index contributed by atoms with van der Waals surface area (Å²) in [7, 11) is 0. The zero-order chi connectivity index (χ0) is 11.6. The van der Waals surface area contributed by atoms with Crippen molar-refractivity contribution in [1.82, 2.24) is 10.3 Å². The van der Waals surface area contributed by atoms with E-state index in [0.717, 1.165) is 6.42 Å². The first-order valence-electron chi connectivity index (χ1n) is 5.21. The maximum Gasteiger partial charge on any atom is 0.270 e. The number of amides is 1. The van der Waals surface area contributed by atoms with Gasteiger partial charge in [-0.2, -0.15) is 0 Å². The molecule has 0 bridgehead atoms. The van der Waals surface area contributed by atoms with Crippen molar-refractivity contribution >= 4 is 24.0 Å². The molecule has 1 aromatic rings. The van der Waals surface area contributed by atoms with Crippen LogP contribution < -0.4 is 11.1 Å². The Morgan fingerprint density at radius 1 is 1.59 bits per heavy atom. The Morgan fingerprint density at radius 3 is 2.88 bits per heavy atom. The van der Waals surface area contributed by atoms with Gasteiger partial charge < -0.3 is 15.8 Å². The summed E-state index contributed by atoms with van der Waals surface area (Å²) in [6.45, 7) is 3.20. The van der Waals surface area contributed by atoms with Crippen LogP contribution >= 0.6 is 12.4 Å². The summed E-state index contributed by atoms with van der Waals surface area (Å²) < 4.78 is 5.26. The van der Waals surface area contributed by atoms with Gasteiger partial charge in [0, 0.05) is 6.61 Å². The lowest BCUT2D eigenvalue weighted by atomic mass is 10.0. The number of pyridine rings is 1. The van der Waals surface area contributed by atoms with Crippen LogP contribution in [0, 0.1) is 0 Å². The van der Waals surface area contributed by atoms with Gasteiger partial charge in [-0.3, -0.25) is 4.79 Å². The maximum atomic E-state index is 11.8. The van der Waals surface area contributed by atoms with Crippen LogP contribution in [0.15, 0.2) is 18.3 Å². The largest absolute Gasteiger partial charge is 0.397 e. The summed E-state index contributed by atoms with van der Waals surface area (Å²) in [5, 5.41) is 2.92. The van der Waals surface area contributed by atoms with Gasteiger partial charge in [0.2, 0.25) is 0 Å². The third-order valence-electron chi connectivity index (χ3n) is 2.65. The van der Waals surface area contributed by atoms with Crippen molar-refractivity contribution in [2.75, 3.05) is 18.9 Å². The molecular formula is C11H16ClN3O2. The minimum absolute atomic E-state index is 0. The summed E-state index contributed by atoms with van der Waals surface area (Å²) in [6.07, 6.45) is 2.30. The van der Waals surface area contributed by atoms with Crippen LogP contribution in [0.3, 0.4) is 0 Å². The number of rotatable bonds is 2. The van der Waals surface area contributed by atoms with E-state index in [1.807, 2.05) is 6.92 Å². The second-order valence-electron chi connectivity index (χ2n) is 4.29. The number of anilines is 1. The molecule has 1 aromatic heterocycles. The molecule has 6 heteroatoms. The van der Waals surface area contributed by atoms with Gasteiger partial charge in [0.1, 0.15) is 5.69 Å². The van der Waals surface area contributed by atoms with E-state index in [1.54, 1.807) is 12.1 Å². The molecular weight excluding hydrogens is 242 g/mol. The number of carbonyl (C=O) groups is 1. The van der Waals surface area contributed by atoms with Crippen LogP contribution in [0.1, 0.15) is 23.8 Å². The molecule has 0 aliphatic carbocycles. The molecule has 0 radical (unpaired) electrons. The Morgan fingerprint density at radius 2 is 2.35 bits per heavy atom. The Hall–Kier alpha value is -1.33. The molecule has 1 aliphatic heterocycles. The van der Waals surface area contributed by atoms with Gasteiger partial charge in [0.05, 0.1) is 24.0 Å². The van der Waals surface area contributed by atoms with Gasteiger partial charge in [-0.25, -0.2) is 4.98 Å². The van der Waals surface area contributed by atoms with Crippen LogP contribution in [0.4, 0.5) is 5.69 Å². The minimum Gasteiger partial charge on any atom is -0.397 e. The van der Waals surface area contributed by atoms with Crippen LogP contribution in [0.2, 0.25) is 0 Å². The van der Waals surface area contributed by atoms with Crippen molar-refractivity contribution in [3.8, 4) is 0 Å². The van der Waals surface area contributed by atoms with E-state index in [0.29, 0.717) is 24.6 Å². The number of halogens is 1. The zero-order valence-corrected chi connectivity index (χ0v) is 10.4. The molecule has 2 rings (SSSR count). The molecule has 1 fully saturated rings. The summed E-state index contributed by atoms with van der Waals surface area (Å²) >= 11 is 0. The topological polar surface area (TPSA) is 77.2 Å². The third kappa shape index (κ3) is 3.31. The maximum absolute atomic E-state index is 11.8. The van der Waals surface area contributed by atoms with E-state index in [1.165, 1.54) is 6.20 Å². The fourth-order valence-corrected chi connectivity index (χ4v) is 1.64. The molecule has 3 N–H and O–H groups in total. The van der Waals surface area contributed by atoms with Crippen LogP contribution in [-0.4, -0.2) is 29.6 Å². The lowest BCUT2D eigenvalue weighted by molar-refractivity contribution is 0.0885. The molecule has 1 atom stereocenters. The Kier molecular flexibility index (Phi) is 4.31. The van der Waals surface area contributed by atoms with Gasteiger partial charge in [-0.05, 0) is 25.5 Å². The number of hydrogen-bond donors (Lipinski definition) is 2. The lowest BCUT2D eigenvalue weighted by Crippen LogP contribution is -2.46. The van der Waals surface area contributed by atoms with E-state index >= 15 is 0 Å². The number of nitrogens with one attached hydrogen (secondary N) is 1. The number of carbonyl (C=O) groups excluding carboxylic acids is 1. The number of hydrogen-bond acceptors (Lipinski definition) is 4. The quantitative estimate of drug-likeness (QED) is 0.829. The summed E-state index contributed by atoms with van der Waals surface area (Å²) in [5.41, 5.74) is 6.15. The number of ether oxygens (including phenoxy) is 1. The molecule has 1 saturated heterocycles. The molecule has 1 amide bonds. The van der Waals surface area contributed by atoms with Crippen molar-refractivity contribution in [3.05, 3.63) is 24.0 Å². The first kappa shape index (κ1) is 13.7. The Bertz CT molecular complexity index is 388. The lowest BCUT2D eigenvalue weighted by Gasteiger charge is -2.23. The van der Waals surface area contributed by atoms with E-state index in [-0.39, 0.29) is 23.9 Å². The fraction of sp³-hybridized carbons (Fsp3) is 0.455. The molecule has 0 spiro atoms. The highest BCUT2D eigenvalue weighted by Crippen LogP contribution is 2.17. The average molecular weight is 258 g/mol. The van der Waals surface area contributed by atoms with Gasteiger partial charge in [-0.15, -0.1) is 12.4 Å². The van der Waals surface area contributed by atoms with E-state index in [4.69, 9.17) is 10.5 Å². The third-order valence-corrected chi connectivity index (χ3v) is 2.65. The molecule has 0 saturated carbocycles. The molecule has 1 unspecified atom stereocenters. The highest BCUT2D eigenvalue weighted by molar-refractivity contribution is 5.92. The second-order valence-corrected chi connectivity index (χ2v) is 4.29. The highest BCUT2D eigenvalue weighted by Gasteiger charge is 2.31. The zero-order valence-electron chi connectivity index (χ0n) is 9.60. The van der Waals surface area contributed by atoms with Crippen molar-refractivity contribution < 1.29 is 9.53 Å². The van der Waals surface area contributed by atoms with Crippen LogP contribution in [0.5, 0.6) is 0 Å². The van der Waals surface area contributed by atoms with Crippen molar-refractivity contribution in [3.63, 3.8) is 0 Å². The molecule has 2 heterocycles. The van der Waals surface area contributed by atoms with Gasteiger partial charge in [0.15, 0.2) is 0 Å². The van der Waals surface area contributed by atoms with E-state index in [2.05, 4.69) is 10.3 Å². The normalized spacial score (nSPS) is 22.9. The smallest absolute Gasteiger partial charge is 0.270 e. The molecule has 5 nitrogen and oxygen atoms in total. The standard InChI is InChI=1S/C11H15N3O2.ClH/c1-11(4-5-16-7-11)14-10(15)9-3-2-8(12)6-13-9;/h2-3,6H,4-5,7,12H2,1H3,(H,14,15);1H. The van der Waals surface area contributed by atoms with Crippen LogP contribution in [0.25, 0.3) is 0 Å². The summed E-state index contributed by atoms with van der Waals surface area (Å²) in [4.78, 5) is 15.8.